The molecule has 0 aliphatic rings. The fourth-order valence-corrected chi connectivity index (χ4v) is 1.46. The van der Waals surface area contributed by atoms with Crippen LogP contribution in [-0.4, -0.2) is 16.8 Å². The summed E-state index contributed by atoms with van der Waals surface area (Å²) in [5.41, 5.74) is 4.57. The largest absolute Gasteiger partial charge is 1.00 e. The van der Waals surface area contributed by atoms with E-state index in [9.17, 15) is 4.79 Å². The maximum Gasteiger partial charge on any atom is 1.00 e. The molecule has 1 aromatic rings. The Morgan fingerprint density at radius 1 is 1.39 bits per heavy atom. The summed E-state index contributed by atoms with van der Waals surface area (Å²) >= 11 is 20.6. The first-order valence-corrected chi connectivity index (χ1v) is 5.90. The third kappa shape index (κ3) is 7.42. The number of ether oxygens (including phenoxy) is 1. The summed E-state index contributed by atoms with van der Waals surface area (Å²) in [4.78, 5) is 11.2. The van der Waals surface area contributed by atoms with Gasteiger partial charge in [-0.1, -0.05) is 23.2 Å². The van der Waals surface area contributed by atoms with Crippen LogP contribution in [0.1, 0.15) is 0 Å². The molecule has 0 spiro atoms. The van der Waals surface area contributed by atoms with E-state index in [4.69, 9.17) is 27.9 Å². The van der Waals surface area contributed by atoms with E-state index in [-0.39, 0.29) is 62.3 Å². The number of thiocarbonyl (C=S) groups is 1. The van der Waals surface area contributed by atoms with Crippen molar-refractivity contribution in [3.05, 3.63) is 28.2 Å². The van der Waals surface area contributed by atoms with Gasteiger partial charge in [0.1, 0.15) is 5.75 Å². The van der Waals surface area contributed by atoms with Crippen LogP contribution in [0.25, 0.3) is 0 Å². The Hall–Kier alpha value is 0.816. The molecule has 0 bridgehead atoms. The first-order chi connectivity index (χ1) is 7.99. The zero-order valence-corrected chi connectivity index (χ0v) is 15.6. The van der Waals surface area contributed by atoms with E-state index < -0.39 is 5.91 Å². The van der Waals surface area contributed by atoms with E-state index in [1.807, 2.05) is 0 Å². The summed E-state index contributed by atoms with van der Waals surface area (Å²) in [7, 11) is 0. The molecule has 0 heterocycles. The second-order valence-corrected chi connectivity index (χ2v) is 4.74. The Kier molecular flexibility index (Phi) is 10.1. The van der Waals surface area contributed by atoms with Crippen LogP contribution in [0.5, 0.6) is 5.75 Å². The molecule has 18 heavy (non-hydrogen) atoms. The molecule has 1 amide bonds. The number of nitrogens with one attached hydrogen (secondary N) is 2. The quantitative estimate of drug-likeness (QED) is 0.312. The van der Waals surface area contributed by atoms with Gasteiger partial charge in [0.25, 0.3) is 5.91 Å². The number of hydrazine groups is 1. The molecule has 1 aromatic carbocycles. The van der Waals surface area contributed by atoms with Crippen LogP contribution in [0.15, 0.2) is 18.2 Å². The van der Waals surface area contributed by atoms with Crippen LogP contribution in [-0.2, 0) is 17.4 Å². The van der Waals surface area contributed by atoms with Gasteiger partial charge in [-0.3, -0.25) is 10.2 Å². The summed E-state index contributed by atoms with van der Waals surface area (Å²) < 4.78 is 5.21. The van der Waals surface area contributed by atoms with Crippen molar-refractivity contribution in [2.75, 3.05) is 6.61 Å². The minimum Gasteiger partial charge on any atom is -0.482 e. The van der Waals surface area contributed by atoms with Gasteiger partial charge in [-0.2, -0.15) is 0 Å². The number of amides is 1. The molecule has 92 valence electrons. The fraction of sp³-hybridized carbons (Fsp3) is 0.111. The zero-order chi connectivity index (χ0) is 12.8. The molecular weight excluding hydrogens is 342 g/mol. The molecule has 0 unspecified atom stereocenters. The zero-order valence-electron chi connectivity index (χ0n) is 9.33. The van der Waals surface area contributed by atoms with Gasteiger partial charge in [-0.25, -0.2) is 0 Å². The maximum atomic E-state index is 11.2. The van der Waals surface area contributed by atoms with Crippen molar-refractivity contribution >= 4 is 58.3 Å². The van der Waals surface area contributed by atoms with Gasteiger partial charge in [0.05, 0.1) is 5.02 Å². The molecule has 0 aliphatic carbocycles. The van der Waals surface area contributed by atoms with Gasteiger partial charge in [0.2, 0.25) is 0 Å². The molecule has 9 heteroatoms. The van der Waals surface area contributed by atoms with Crippen molar-refractivity contribution in [2.24, 2.45) is 0 Å². The van der Waals surface area contributed by atoms with Gasteiger partial charge in [0, 0.05) is 5.02 Å². The second kappa shape index (κ2) is 9.68. The summed E-state index contributed by atoms with van der Waals surface area (Å²) in [6, 6.07) is 4.70. The third-order valence-electron chi connectivity index (χ3n) is 1.56. The number of hydrogen-bond donors (Lipinski definition) is 2. The fourth-order valence-electron chi connectivity index (χ4n) is 0.892. The average Bonchev–Trinajstić information content (AvgIpc) is 2.25. The summed E-state index contributed by atoms with van der Waals surface area (Å²) in [6.07, 6.45) is 0. The number of benzene rings is 1. The molecular formula is C9H7Cl2KN2O2S2. The van der Waals surface area contributed by atoms with Crippen LogP contribution >= 0.6 is 35.4 Å². The smallest absolute Gasteiger partial charge is 0.482 e. The van der Waals surface area contributed by atoms with Crippen molar-refractivity contribution in [3.8, 4) is 5.75 Å². The van der Waals surface area contributed by atoms with Crippen molar-refractivity contribution in [1.82, 2.24) is 10.9 Å². The van der Waals surface area contributed by atoms with Crippen molar-refractivity contribution in [3.63, 3.8) is 0 Å². The molecule has 0 fully saturated rings. The van der Waals surface area contributed by atoms with E-state index in [2.05, 4.69) is 35.7 Å². The van der Waals surface area contributed by atoms with Gasteiger partial charge in [-0.15, -0.1) is 0 Å². The number of rotatable bonds is 3. The van der Waals surface area contributed by atoms with Gasteiger partial charge < -0.3 is 35.0 Å². The second-order valence-electron chi connectivity index (χ2n) is 2.82. The third-order valence-corrected chi connectivity index (χ3v) is 2.29. The van der Waals surface area contributed by atoms with Crippen molar-refractivity contribution < 1.29 is 60.9 Å². The number of carbonyl (C=O) groups excluding carboxylic acids is 1. The van der Waals surface area contributed by atoms with Gasteiger partial charge in [0.15, 0.2) is 6.61 Å². The molecule has 0 saturated carbocycles. The molecule has 0 aromatic heterocycles. The minimum absolute atomic E-state index is 0. The van der Waals surface area contributed by atoms with Crippen LogP contribution in [0, 0.1) is 0 Å². The van der Waals surface area contributed by atoms with Crippen LogP contribution < -0.4 is 67.0 Å². The summed E-state index contributed by atoms with van der Waals surface area (Å²) in [5.74, 6) is -0.0598. The number of carbonyl (C=O) groups is 1. The van der Waals surface area contributed by atoms with E-state index in [0.29, 0.717) is 15.8 Å². The minimum atomic E-state index is -0.428. The predicted molar refractivity (Wildman–Crippen MR) is 73.2 cm³/mol. The Balaban J connectivity index is 0.00000289. The van der Waals surface area contributed by atoms with Crippen molar-refractivity contribution in [2.45, 2.75) is 0 Å². The summed E-state index contributed by atoms with van der Waals surface area (Å²) in [6.45, 7) is -0.216. The molecule has 4 nitrogen and oxygen atoms in total. The number of hydrogen-bond acceptors (Lipinski definition) is 4. The first kappa shape index (κ1) is 18.8. The molecule has 1 rings (SSSR count). The van der Waals surface area contributed by atoms with E-state index in [1.54, 1.807) is 12.1 Å². The molecule has 0 saturated heterocycles. The maximum absolute atomic E-state index is 11.2. The Morgan fingerprint density at radius 3 is 2.61 bits per heavy atom. The van der Waals surface area contributed by atoms with Crippen LogP contribution in [0.3, 0.4) is 0 Å². The molecule has 0 radical (unpaired) electrons. The topological polar surface area (TPSA) is 50.4 Å². The standard InChI is InChI=1S/C9H8Cl2N2O2S2.K/c10-5-1-2-7(6(11)3-5)15-4-8(14)12-13-9(16)17;/h1-3H,4H2,(H,12,14)(H2,13,16,17);/q;+1/p-1. The Bertz CT molecular complexity index is 449. The normalized spacial score (nSPS) is 9.00. The van der Waals surface area contributed by atoms with Crippen LogP contribution in [0.2, 0.25) is 10.0 Å². The first-order valence-electron chi connectivity index (χ1n) is 4.32. The average molecular weight is 349 g/mol. The Labute approximate surface area is 168 Å². The van der Waals surface area contributed by atoms with E-state index in [1.165, 1.54) is 6.07 Å². The monoisotopic (exact) mass is 348 g/mol. The van der Waals surface area contributed by atoms with E-state index >= 15 is 0 Å². The van der Waals surface area contributed by atoms with Gasteiger partial charge in [-0.05, 0) is 22.5 Å². The van der Waals surface area contributed by atoms with Crippen LogP contribution in [0.4, 0.5) is 0 Å². The van der Waals surface area contributed by atoms with Crippen molar-refractivity contribution in [1.29, 1.82) is 0 Å². The molecule has 0 atom stereocenters. The van der Waals surface area contributed by atoms with E-state index in [0.717, 1.165) is 0 Å². The number of halogens is 2. The molecule has 0 aliphatic heterocycles. The molecule has 2 N–H and O–H groups in total. The Morgan fingerprint density at radius 2 is 2.06 bits per heavy atom. The predicted octanol–water partition coefficient (Wildman–Crippen LogP) is -1.17. The SMILES string of the molecule is O=C(COc1ccc(Cl)cc1Cl)NNC(=S)[S-].[K+]. The van der Waals surface area contributed by atoms with Gasteiger partial charge >= 0.3 is 51.4 Å². The summed E-state index contributed by atoms with van der Waals surface area (Å²) in [5, 5.41) is 0.821.